The Kier molecular flexibility index (Phi) is 4.50. The van der Waals surface area contributed by atoms with Crippen molar-refractivity contribution in [1.82, 2.24) is 0 Å². The Labute approximate surface area is 121 Å². The summed E-state index contributed by atoms with van der Waals surface area (Å²) in [5.74, 6) is 0. The number of rotatable bonds is 4. The number of nitro groups is 1. The summed E-state index contributed by atoms with van der Waals surface area (Å²) in [6.07, 6.45) is -0.656. The average Bonchev–Trinajstić information content (AvgIpc) is 2.48. The topological polar surface area (TPSA) is 81.5 Å². The molecule has 2 aromatic rings. The van der Waals surface area contributed by atoms with E-state index in [0.29, 0.717) is 11.3 Å². The van der Waals surface area contributed by atoms with Crippen molar-refractivity contribution in [3.63, 3.8) is 0 Å². The fraction of sp³-hybridized carbons (Fsp3) is 0.133. The van der Waals surface area contributed by atoms with Crippen LogP contribution in [0.4, 0.5) is 16.2 Å². The first-order valence-electron chi connectivity index (χ1n) is 6.29. The third-order valence-electron chi connectivity index (χ3n) is 2.86. The summed E-state index contributed by atoms with van der Waals surface area (Å²) < 4.78 is 5.04. The van der Waals surface area contributed by atoms with Gasteiger partial charge in [0.05, 0.1) is 10.6 Å². The van der Waals surface area contributed by atoms with E-state index in [1.54, 1.807) is 19.1 Å². The molecule has 2 aromatic carbocycles. The molecule has 0 saturated carbocycles. The normalized spacial score (nSPS) is 9.95. The second-order valence-corrected chi connectivity index (χ2v) is 4.45. The van der Waals surface area contributed by atoms with Crippen molar-refractivity contribution in [2.75, 3.05) is 5.32 Å². The van der Waals surface area contributed by atoms with E-state index in [4.69, 9.17) is 4.74 Å². The molecular formula is C15H14N2O4. The maximum atomic E-state index is 11.6. The number of amides is 1. The fourth-order valence-corrected chi connectivity index (χ4v) is 1.76. The molecule has 0 saturated heterocycles. The smallest absolute Gasteiger partial charge is 0.411 e. The Morgan fingerprint density at radius 3 is 2.62 bits per heavy atom. The standard InChI is InChI=1S/C15H14N2O4/c1-11-7-8-13(9-14(11)17(19)20)16-15(18)21-10-12-5-3-2-4-6-12/h2-9H,10H2,1H3,(H,16,18). The number of hydrogen-bond acceptors (Lipinski definition) is 4. The second-order valence-electron chi connectivity index (χ2n) is 4.45. The van der Waals surface area contributed by atoms with Crippen molar-refractivity contribution >= 4 is 17.5 Å². The molecule has 1 N–H and O–H groups in total. The Morgan fingerprint density at radius 1 is 1.24 bits per heavy atom. The van der Waals surface area contributed by atoms with Gasteiger partial charge in [-0.3, -0.25) is 15.4 Å². The molecule has 0 radical (unpaired) electrons. The molecule has 108 valence electrons. The van der Waals surface area contributed by atoms with E-state index in [-0.39, 0.29) is 12.3 Å². The zero-order chi connectivity index (χ0) is 15.2. The van der Waals surface area contributed by atoms with Crippen molar-refractivity contribution < 1.29 is 14.5 Å². The van der Waals surface area contributed by atoms with Crippen LogP contribution in [0.5, 0.6) is 0 Å². The fourth-order valence-electron chi connectivity index (χ4n) is 1.76. The van der Waals surface area contributed by atoms with Gasteiger partial charge in [0.25, 0.3) is 5.69 Å². The molecule has 21 heavy (non-hydrogen) atoms. The predicted octanol–water partition coefficient (Wildman–Crippen LogP) is 3.65. The van der Waals surface area contributed by atoms with Crippen molar-refractivity contribution in [1.29, 1.82) is 0 Å². The molecule has 1 amide bonds. The molecule has 0 unspecified atom stereocenters. The van der Waals surface area contributed by atoms with Gasteiger partial charge in [-0.2, -0.15) is 0 Å². The largest absolute Gasteiger partial charge is 0.444 e. The van der Waals surface area contributed by atoms with Crippen LogP contribution in [-0.4, -0.2) is 11.0 Å². The van der Waals surface area contributed by atoms with E-state index < -0.39 is 11.0 Å². The summed E-state index contributed by atoms with van der Waals surface area (Å²) in [7, 11) is 0. The molecule has 0 aliphatic rings. The first kappa shape index (κ1) is 14.5. The molecule has 0 atom stereocenters. The van der Waals surface area contributed by atoms with Crippen LogP contribution >= 0.6 is 0 Å². The first-order valence-corrected chi connectivity index (χ1v) is 6.29. The van der Waals surface area contributed by atoms with Gasteiger partial charge in [-0.25, -0.2) is 4.79 Å². The van der Waals surface area contributed by atoms with E-state index in [0.717, 1.165) is 5.56 Å². The molecule has 2 rings (SSSR count). The highest BCUT2D eigenvalue weighted by Crippen LogP contribution is 2.22. The molecule has 6 nitrogen and oxygen atoms in total. The number of benzene rings is 2. The summed E-state index contributed by atoms with van der Waals surface area (Å²) in [5.41, 5.74) is 1.67. The van der Waals surface area contributed by atoms with Crippen LogP contribution in [0.1, 0.15) is 11.1 Å². The zero-order valence-electron chi connectivity index (χ0n) is 11.4. The number of nitro benzene ring substituents is 1. The van der Waals surface area contributed by atoms with E-state index >= 15 is 0 Å². The van der Waals surface area contributed by atoms with Crippen LogP contribution in [0.15, 0.2) is 48.5 Å². The monoisotopic (exact) mass is 286 g/mol. The predicted molar refractivity (Wildman–Crippen MR) is 78.1 cm³/mol. The van der Waals surface area contributed by atoms with Crippen LogP contribution in [0.2, 0.25) is 0 Å². The summed E-state index contributed by atoms with van der Waals surface area (Å²) in [6, 6.07) is 13.7. The Bertz CT molecular complexity index is 656. The summed E-state index contributed by atoms with van der Waals surface area (Å²) in [4.78, 5) is 22.0. The van der Waals surface area contributed by atoms with E-state index in [9.17, 15) is 14.9 Å². The minimum atomic E-state index is -0.656. The average molecular weight is 286 g/mol. The summed E-state index contributed by atoms with van der Waals surface area (Å²) >= 11 is 0. The van der Waals surface area contributed by atoms with Gasteiger partial charge in [0.2, 0.25) is 0 Å². The minimum Gasteiger partial charge on any atom is -0.444 e. The Balaban J connectivity index is 1.97. The van der Waals surface area contributed by atoms with Gasteiger partial charge in [0.15, 0.2) is 0 Å². The maximum absolute atomic E-state index is 11.6. The van der Waals surface area contributed by atoms with E-state index in [2.05, 4.69) is 5.32 Å². The highest BCUT2D eigenvalue weighted by atomic mass is 16.6. The second kappa shape index (κ2) is 6.51. The van der Waals surface area contributed by atoms with E-state index in [1.807, 2.05) is 30.3 Å². The van der Waals surface area contributed by atoms with Crippen molar-refractivity contribution in [2.45, 2.75) is 13.5 Å². The van der Waals surface area contributed by atoms with Gasteiger partial charge < -0.3 is 4.74 Å². The lowest BCUT2D eigenvalue weighted by Crippen LogP contribution is -2.13. The molecule has 6 heteroatoms. The lowest BCUT2D eigenvalue weighted by atomic mass is 10.2. The van der Waals surface area contributed by atoms with Gasteiger partial charge in [0.1, 0.15) is 6.61 Å². The molecule has 0 aromatic heterocycles. The number of nitrogens with zero attached hydrogens (tertiary/aromatic N) is 1. The number of nitrogens with one attached hydrogen (secondary N) is 1. The van der Waals surface area contributed by atoms with Gasteiger partial charge in [-0.1, -0.05) is 36.4 Å². The van der Waals surface area contributed by atoms with Gasteiger partial charge >= 0.3 is 6.09 Å². The van der Waals surface area contributed by atoms with Crippen LogP contribution in [0, 0.1) is 17.0 Å². The molecule has 0 spiro atoms. The number of anilines is 1. The lowest BCUT2D eigenvalue weighted by Gasteiger charge is -2.07. The number of carbonyl (C=O) groups excluding carboxylic acids is 1. The highest BCUT2D eigenvalue weighted by Gasteiger charge is 2.12. The molecule has 0 aliphatic carbocycles. The van der Waals surface area contributed by atoms with Crippen LogP contribution in [0.3, 0.4) is 0 Å². The van der Waals surface area contributed by atoms with Crippen molar-refractivity contribution in [3.05, 3.63) is 69.8 Å². The van der Waals surface area contributed by atoms with Gasteiger partial charge in [-0.05, 0) is 18.6 Å². The SMILES string of the molecule is Cc1ccc(NC(=O)OCc2ccccc2)cc1[N+](=O)[O-]. The van der Waals surface area contributed by atoms with Crippen LogP contribution in [0.25, 0.3) is 0 Å². The van der Waals surface area contributed by atoms with Crippen LogP contribution in [-0.2, 0) is 11.3 Å². The molecule has 0 fully saturated rings. The Hall–Kier alpha value is -2.89. The molecule has 0 aliphatic heterocycles. The van der Waals surface area contributed by atoms with Gasteiger partial charge in [0, 0.05) is 11.6 Å². The van der Waals surface area contributed by atoms with E-state index in [1.165, 1.54) is 6.07 Å². The number of aryl methyl sites for hydroxylation is 1. The molecule has 0 heterocycles. The van der Waals surface area contributed by atoms with Crippen LogP contribution < -0.4 is 5.32 Å². The lowest BCUT2D eigenvalue weighted by molar-refractivity contribution is -0.385. The zero-order valence-corrected chi connectivity index (χ0v) is 11.4. The minimum absolute atomic E-state index is 0.0455. The quantitative estimate of drug-likeness (QED) is 0.687. The molecule has 0 bridgehead atoms. The third kappa shape index (κ3) is 4.04. The summed E-state index contributed by atoms with van der Waals surface area (Å²) in [6.45, 7) is 1.77. The number of hydrogen-bond donors (Lipinski definition) is 1. The molecular weight excluding hydrogens is 272 g/mol. The Morgan fingerprint density at radius 2 is 1.95 bits per heavy atom. The third-order valence-corrected chi connectivity index (χ3v) is 2.86. The highest BCUT2D eigenvalue weighted by molar-refractivity contribution is 5.85. The van der Waals surface area contributed by atoms with Crippen molar-refractivity contribution in [3.8, 4) is 0 Å². The summed E-state index contributed by atoms with van der Waals surface area (Å²) in [5, 5.41) is 13.3. The number of carbonyl (C=O) groups is 1. The van der Waals surface area contributed by atoms with Crippen molar-refractivity contribution in [2.24, 2.45) is 0 Å². The maximum Gasteiger partial charge on any atom is 0.411 e. The van der Waals surface area contributed by atoms with Gasteiger partial charge in [-0.15, -0.1) is 0 Å². The first-order chi connectivity index (χ1) is 10.1. The number of ether oxygens (including phenoxy) is 1.